The maximum absolute atomic E-state index is 4.98. The summed E-state index contributed by atoms with van der Waals surface area (Å²) in [5.41, 5.74) is 8.00. The Bertz CT molecular complexity index is 1390. The smallest absolute Gasteiger partial charge is 0.0607 e. The first-order valence-electron chi connectivity index (χ1n) is 8.81. The zero-order valence-corrected chi connectivity index (χ0v) is 17.1. The van der Waals surface area contributed by atoms with E-state index in [0.717, 1.165) is 16.8 Å². The predicted molar refractivity (Wildman–Crippen MR) is 109 cm³/mol. The number of hydrogen-bond donors (Lipinski definition) is 0. The topological polar surface area (TPSA) is 17.8 Å². The van der Waals surface area contributed by atoms with Gasteiger partial charge >= 0.3 is 0 Å². The van der Waals surface area contributed by atoms with Crippen molar-refractivity contribution in [3.05, 3.63) is 77.9 Å². The average molecular weight is 524 g/mol. The van der Waals surface area contributed by atoms with Gasteiger partial charge in [0.2, 0.25) is 0 Å². The molecule has 0 spiro atoms. The van der Waals surface area contributed by atoms with Crippen LogP contribution >= 0.6 is 0 Å². The maximum atomic E-state index is 4.98. The summed E-state index contributed by atoms with van der Waals surface area (Å²) in [5.74, 6) is 0. The summed E-state index contributed by atoms with van der Waals surface area (Å²) in [6.07, 6.45) is 4.36. The van der Waals surface area contributed by atoms with Crippen LogP contribution in [0.3, 0.4) is 0 Å². The molecular weight excluding hydrogens is 508 g/mol. The largest absolute Gasteiger partial charge is 0.383 e. The molecule has 0 unspecified atom stereocenters. The first-order valence-corrected chi connectivity index (χ1v) is 8.81. The molecule has 3 aromatic carbocycles. The second-order valence-corrected chi connectivity index (χ2v) is 6.86. The standard InChI is InChI=1S/C24H15N2.Ir/c1-26-22-11-3-2-7-17(22)18-8-5-9-19(24(18)26)21-14-16-13-12-15-6-4-10-20(25-21)23(15)16;/h2-8,10-14H,1H3;/q-1;. The second-order valence-electron chi connectivity index (χ2n) is 6.86. The van der Waals surface area contributed by atoms with Crippen LogP contribution in [0.25, 0.3) is 56.1 Å². The number of benzene rings is 3. The molecule has 131 valence electrons. The van der Waals surface area contributed by atoms with Gasteiger partial charge in [-0.3, -0.25) is 4.98 Å². The minimum atomic E-state index is 0. The number of para-hydroxylation sites is 1. The minimum Gasteiger partial charge on any atom is -0.383 e. The molecular formula is C24H15IrN2-. The van der Waals surface area contributed by atoms with E-state index in [9.17, 15) is 0 Å². The second kappa shape index (κ2) is 5.88. The normalized spacial score (nSPS) is 12.2. The maximum Gasteiger partial charge on any atom is 0.0607 e. The molecule has 0 amide bonds. The molecule has 2 nitrogen and oxygen atoms in total. The number of fused-ring (bicyclic) bond motifs is 3. The van der Waals surface area contributed by atoms with Gasteiger partial charge in [0.15, 0.2) is 0 Å². The number of rotatable bonds is 1. The van der Waals surface area contributed by atoms with Crippen LogP contribution in [0.1, 0.15) is 11.1 Å². The number of aromatic nitrogens is 2. The third kappa shape index (κ3) is 2.19. The van der Waals surface area contributed by atoms with Gasteiger partial charge in [-0.15, -0.1) is 23.8 Å². The molecule has 1 aliphatic carbocycles. The van der Waals surface area contributed by atoms with Gasteiger partial charge in [0.25, 0.3) is 0 Å². The first-order chi connectivity index (χ1) is 12.8. The Labute approximate surface area is 170 Å². The minimum absolute atomic E-state index is 0. The zero-order chi connectivity index (χ0) is 17.3. The summed E-state index contributed by atoms with van der Waals surface area (Å²) in [5, 5.41) is 3.77. The van der Waals surface area contributed by atoms with E-state index in [0.29, 0.717) is 0 Å². The van der Waals surface area contributed by atoms with Crippen LogP contribution in [0.4, 0.5) is 0 Å². The third-order valence-corrected chi connectivity index (χ3v) is 5.46. The molecule has 1 radical (unpaired) electrons. The van der Waals surface area contributed by atoms with Crippen LogP contribution in [0.5, 0.6) is 0 Å². The van der Waals surface area contributed by atoms with Crippen LogP contribution < -0.4 is 0 Å². The Balaban J connectivity index is 0.00000160. The SMILES string of the molecule is Cn1c2ccccc2c2cc[c-]c(-c3cc4c5c(cccc5n3)C=C4)c21.[Ir]. The molecule has 0 aliphatic heterocycles. The first kappa shape index (κ1) is 16.4. The Morgan fingerprint density at radius 2 is 1.74 bits per heavy atom. The zero-order valence-electron chi connectivity index (χ0n) is 14.7. The molecule has 3 heteroatoms. The van der Waals surface area contributed by atoms with Gasteiger partial charge in [-0.2, -0.15) is 0 Å². The van der Waals surface area contributed by atoms with E-state index in [-0.39, 0.29) is 20.1 Å². The van der Waals surface area contributed by atoms with Crippen molar-refractivity contribution in [2.75, 3.05) is 0 Å². The molecule has 0 bridgehead atoms. The van der Waals surface area contributed by atoms with Gasteiger partial charge in [-0.25, -0.2) is 0 Å². The van der Waals surface area contributed by atoms with Crippen LogP contribution in [0.15, 0.2) is 60.7 Å². The fraction of sp³-hybridized carbons (Fsp3) is 0.0417. The van der Waals surface area contributed by atoms with E-state index in [4.69, 9.17) is 4.98 Å². The molecule has 1 aliphatic rings. The molecule has 0 saturated heterocycles. The van der Waals surface area contributed by atoms with Crippen molar-refractivity contribution in [3.63, 3.8) is 0 Å². The van der Waals surface area contributed by atoms with Crippen LogP contribution in [-0.2, 0) is 27.2 Å². The number of aryl methyl sites for hydroxylation is 1. The molecule has 0 saturated carbocycles. The van der Waals surface area contributed by atoms with E-state index in [1.165, 1.54) is 38.3 Å². The Kier molecular flexibility index (Phi) is 3.58. The van der Waals surface area contributed by atoms with Crippen LogP contribution in [0.2, 0.25) is 0 Å². The van der Waals surface area contributed by atoms with E-state index in [2.05, 4.69) is 84.4 Å². The predicted octanol–water partition coefficient (Wildman–Crippen LogP) is 5.83. The summed E-state index contributed by atoms with van der Waals surface area (Å²) in [6, 6.07) is 24.7. The summed E-state index contributed by atoms with van der Waals surface area (Å²) >= 11 is 0. The summed E-state index contributed by atoms with van der Waals surface area (Å²) < 4.78 is 2.26. The number of nitrogens with zero attached hydrogens (tertiary/aromatic N) is 2. The molecule has 2 aromatic heterocycles. The molecule has 0 atom stereocenters. The number of pyridine rings is 1. The third-order valence-electron chi connectivity index (χ3n) is 5.46. The molecule has 6 rings (SSSR count). The molecule has 0 N–H and O–H groups in total. The van der Waals surface area contributed by atoms with E-state index >= 15 is 0 Å². The van der Waals surface area contributed by atoms with Crippen molar-refractivity contribution in [1.82, 2.24) is 9.55 Å². The summed E-state index contributed by atoms with van der Waals surface area (Å²) in [7, 11) is 2.13. The van der Waals surface area contributed by atoms with Gasteiger partial charge < -0.3 is 4.57 Å². The number of hydrogen-bond acceptors (Lipinski definition) is 1. The monoisotopic (exact) mass is 524 g/mol. The summed E-state index contributed by atoms with van der Waals surface area (Å²) in [4.78, 5) is 4.98. The Hall–Kier alpha value is -2.74. The Morgan fingerprint density at radius 1 is 0.889 bits per heavy atom. The van der Waals surface area contributed by atoms with Gasteiger partial charge in [0.05, 0.1) is 5.52 Å². The van der Waals surface area contributed by atoms with Crippen molar-refractivity contribution in [3.8, 4) is 11.3 Å². The average Bonchev–Trinajstić information content (AvgIpc) is 3.23. The van der Waals surface area contributed by atoms with Crippen molar-refractivity contribution in [2.45, 2.75) is 0 Å². The van der Waals surface area contributed by atoms with E-state index in [1.54, 1.807) is 0 Å². The van der Waals surface area contributed by atoms with Crippen molar-refractivity contribution < 1.29 is 20.1 Å². The van der Waals surface area contributed by atoms with Crippen LogP contribution in [-0.4, -0.2) is 9.55 Å². The van der Waals surface area contributed by atoms with Crippen molar-refractivity contribution >= 4 is 44.9 Å². The molecule has 0 fully saturated rings. The van der Waals surface area contributed by atoms with E-state index < -0.39 is 0 Å². The Morgan fingerprint density at radius 3 is 2.67 bits per heavy atom. The molecule has 27 heavy (non-hydrogen) atoms. The van der Waals surface area contributed by atoms with Gasteiger partial charge in [0, 0.05) is 38.1 Å². The van der Waals surface area contributed by atoms with Gasteiger partial charge in [-0.1, -0.05) is 53.9 Å². The van der Waals surface area contributed by atoms with Crippen molar-refractivity contribution in [1.29, 1.82) is 0 Å². The fourth-order valence-electron chi connectivity index (χ4n) is 4.29. The molecule has 5 aromatic rings. The fourth-order valence-corrected chi connectivity index (χ4v) is 4.29. The van der Waals surface area contributed by atoms with E-state index in [1.807, 2.05) is 6.07 Å². The van der Waals surface area contributed by atoms with Crippen LogP contribution in [0, 0.1) is 6.07 Å². The molecule has 2 heterocycles. The van der Waals surface area contributed by atoms with Crippen molar-refractivity contribution in [2.24, 2.45) is 7.05 Å². The quantitative estimate of drug-likeness (QED) is 0.248. The van der Waals surface area contributed by atoms with Gasteiger partial charge in [-0.05, 0) is 39.9 Å². The van der Waals surface area contributed by atoms with Gasteiger partial charge in [0.1, 0.15) is 0 Å². The summed E-state index contributed by atoms with van der Waals surface area (Å²) in [6.45, 7) is 0.